The van der Waals surface area contributed by atoms with Crippen LogP contribution in [0.4, 0.5) is 0 Å². The number of rotatable bonds is 2. The minimum atomic E-state index is 0.533. The minimum Gasteiger partial charge on any atom is -0.330 e. The number of nitriles is 1. The average Bonchev–Trinajstić information content (AvgIpc) is 2.22. The van der Waals surface area contributed by atoms with Crippen LogP contribution >= 0.6 is 0 Å². The van der Waals surface area contributed by atoms with Crippen molar-refractivity contribution in [1.29, 1.82) is 5.26 Å². The van der Waals surface area contributed by atoms with E-state index in [0.29, 0.717) is 18.5 Å². The van der Waals surface area contributed by atoms with Crippen molar-refractivity contribution in [3.05, 3.63) is 29.1 Å². The molecule has 0 aliphatic heterocycles. The molecule has 1 rings (SSSR count). The zero-order valence-electron chi connectivity index (χ0n) is 9.04. The highest BCUT2D eigenvalue weighted by molar-refractivity contribution is 5.39. The predicted octanol–water partition coefficient (Wildman–Crippen LogP) is 1.79. The molecule has 0 unspecified atom stereocenters. The fraction of sp³-hybridized carbons (Fsp3) is 0.455. The number of hydrogen-bond acceptors (Lipinski definition) is 3. The first-order valence-corrected chi connectivity index (χ1v) is 4.84. The molecular weight excluding hydrogens is 174 g/mol. The van der Waals surface area contributed by atoms with E-state index in [1.807, 2.05) is 26.8 Å². The highest BCUT2D eigenvalue weighted by Gasteiger charge is 2.04. The number of nitrogens with zero attached hydrogens (tertiary/aromatic N) is 2. The molecule has 2 N–H and O–H groups in total. The summed E-state index contributed by atoms with van der Waals surface area (Å²) in [6.45, 7) is 6.44. The summed E-state index contributed by atoms with van der Waals surface area (Å²) in [7, 11) is 0. The number of hydrogen-bond donors (Lipinski definition) is 1. The monoisotopic (exact) mass is 191 g/mol. The maximum Gasteiger partial charge on any atom is 0.101 e. The Morgan fingerprint density at radius 1 is 1.50 bits per heavy atom. The summed E-state index contributed by atoms with van der Waals surface area (Å²) in [5.74, 6) is 0. The Bertz CT molecular complexity index is 313. The van der Waals surface area contributed by atoms with E-state index >= 15 is 0 Å². The van der Waals surface area contributed by atoms with Gasteiger partial charge in [-0.25, -0.2) is 0 Å². The Morgan fingerprint density at radius 3 is 2.64 bits per heavy atom. The lowest BCUT2D eigenvalue weighted by Gasteiger charge is -2.02. The smallest absolute Gasteiger partial charge is 0.101 e. The van der Waals surface area contributed by atoms with Gasteiger partial charge < -0.3 is 5.73 Å². The van der Waals surface area contributed by atoms with Crippen LogP contribution in [0.1, 0.15) is 30.7 Å². The van der Waals surface area contributed by atoms with Gasteiger partial charge in [0.2, 0.25) is 0 Å². The highest BCUT2D eigenvalue weighted by Crippen LogP contribution is 2.09. The molecule has 0 aliphatic carbocycles. The largest absolute Gasteiger partial charge is 0.330 e. The Labute approximate surface area is 85.6 Å². The predicted molar refractivity (Wildman–Crippen MR) is 57.8 cm³/mol. The molecule has 0 atom stereocenters. The van der Waals surface area contributed by atoms with Crippen LogP contribution in [0, 0.1) is 18.3 Å². The normalized spacial score (nSPS) is 8.50. The molecule has 0 radical (unpaired) electrons. The van der Waals surface area contributed by atoms with Crippen LogP contribution in [0.2, 0.25) is 0 Å². The Kier molecular flexibility index (Phi) is 6.34. The third-order valence-corrected chi connectivity index (χ3v) is 1.73. The molecular formula is C11H17N3. The van der Waals surface area contributed by atoms with Gasteiger partial charge in [0.25, 0.3) is 0 Å². The van der Waals surface area contributed by atoms with E-state index in [-0.39, 0.29) is 0 Å². The first kappa shape index (κ1) is 12.6. The molecule has 3 heteroatoms. The summed E-state index contributed by atoms with van der Waals surface area (Å²) in [5.41, 5.74) is 7.83. The van der Waals surface area contributed by atoms with Crippen molar-refractivity contribution in [2.45, 2.75) is 27.2 Å². The van der Waals surface area contributed by atoms with Gasteiger partial charge in [0, 0.05) is 12.6 Å². The van der Waals surface area contributed by atoms with Crippen LogP contribution in [-0.2, 0) is 6.42 Å². The second-order valence-electron chi connectivity index (χ2n) is 2.60. The van der Waals surface area contributed by atoms with Crippen molar-refractivity contribution < 1.29 is 0 Å². The zero-order chi connectivity index (χ0) is 11.0. The maximum absolute atomic E-state index is 8.80. The molecule has 0 bridgehead atoms. The van der Waals surface area contributed by atoms with Crippen LogP contribution in [-0.4, -0.2) is 11.5 Å². The van der Waals surface area contributed by atoms with E-state index in [4.69, 9.17) is 11.0 Å². The molecule has 0 fully saturated rings. The summed E-state index contributed by atoms with van der Waals surface area (Å²) in [5, 5.41) is 8.80. The second-order valence-corrected chi connectivity index (χ2v) is 2.60. The van der Waals surface area contributed by atoms with E-state index in [1.54, 1.807) is 6.20 Å². The SMILES string of the molecule is CC.Cc1ccnc(CCN)c1C#N. The lowest BCUT2D eigenvalue weighted by atomic mass is 10.1. The molecule has 3 nitrogen and oxygen atoms in total. The number of pyridine rings is 1. The lowest BCUT2D eigenvalue weighted by molar-refractivity contribution is 0.914. The molecule has 14 heavy (non-hydrogen) atoms. The second kappa shape index (κ2) is 7.05. The number of nitrogens with two attached hydrogens (primary N) is 1. The molecule has 0 saturated heterocycles. The highest BCUT2D eigenvalue weighted by atomic mass is 14.7. The first-order valence-electron chi connectivity index (χ1n) is 4.84. The van der Waals surface area contributed by atoms with Gasteiger partial charge in [-0.3, -0.25) is 4.98 Å². The van der Waals surface area contributed by atoms with Crippen molar-refractivity contribution >= 4 is 0 Å². The Morgan fingerprint density at radius 2 is 2.14 bits per heavy atom. The van der Waals surface area contributed by atoms with Crippen molar-refractivity contribution in [1.82, 2.24) is 4.98 Å². The van der Waals surface area contributed by atoms with Gasteiger partial charge >= 0.3 is 0 Å². The fourth-order valence-corrected chi connectivity index (χ4v) is 1.09. The van der Waals surface area contributed by atoms with Crippen LogP contribution in [0.15, 0.2) is 12.3 Å². The first-order chi connectivity index (χ1) is 6.79. The molecule has 1 aromatic heterocycles. The fourth-order valence-electron chi connectivity index (χ4n) is 1.09. The van der Waals surface area contributed by atoms with E-state index in [1.165, 1.54) is 0 Å². The van der Waals surface area contributed by atoms with Gasteiger partial charge in [-0.15, -0.1) is 0 Å². The van der Waals surface area contributed by atoms with Gasteiger partial charge in [-0.2, -0.15) is 5.26 Å². The van der Waals surface area contributed by atoms with Gasteiger partial charge in [-0.05, 0) is 25.1 Å². The zero-order valence-corrected chi connectivity index (χ0v) is 9.04. The molecule has 1 heterocycles. The van der Waals surface area contributed by atoms with Crippen LogP contribution in [0.25, 0.3) is 0 Å². The van der Waals surface area contributed by atoms with Gasteiger partial charge in [0.1, 0.15) is 6.07 Å². The summed E-state index contributed by atoms with van der Waals surface area (Å²) >= 11 is 0. The standard InChI is InChI=1S/C9H11N3.C2H6/c1-7-3-5-12-9(2-4-10)8(7)6-11;1-2/h3,5H,2,4,10H2,1H3;1-2H3. The number of aromatic nitrogens is 1. The maximum atomic E-state index is 8.80. The van der Waals surface area contributed by atoms with Crippen molar-refractivity contribution in [3.8, 4) is 6.07 Å². The topological polar surface area (TPSA) is 62.7 Å². The minimum absolute atomic E-state index is 0.533. The summed E-state index contributed by atoms with van der Waals surface area (Å²) in [6.07, 6.45) is 2.38. The lowest BCUT2D eigenvalue weighted by Crippen LogP contribution is -2.06. The van der Waals surface area contributed by atoms with Crippen molar-refractivity contribution in [2.24, 2.45) is 5.73 Å². The summed E-state index contributed by atoms with van der Waals surface area (Å²) < 4.78 is 0. The molecule has 0 saturated carbocycles. The van der Waals surface area contributed by atoms with E-state index in [0.717, 1.165) is 11.3 Å². The van der Waals surface area contributed by atoms with Crippen LogP contribution in [0.5, 0.6) is 0 Å². The third kappa shape index (κ3) is 3.15. The summed E-state index contributed by atoms with van der Waals surface area (Å²) in [4.78, 5) is 4.10. The van der Waals surface area contributed by atoms with Gasteiger partial charge in [0.05, 0.1) is 11.3 Å². The molecule has 0 spiro atoms. The molecule has 0 aromatic carbocycles. The van der Waals surface area contributed by atoms with E-state index < -0.39 is 0 Å². The molecule has 76 valence electrons. The Hall–Kier alpha value is -1.40. The Balaban J connectivity index is 0.000000791. The van der Waals surface area contributed by atoms with Crippen molar-refractivity contribution in [2.75, 3.05) is 6.54 Å². The van der Waals surface area contributed by atoms with Crippen molar-refractivity contribution in [3.63, 3.8) is 0 Å². The quantitative estimate of drug-likeness (QED) is 0.775. The summed E-state index contributed by atoms with van der Waals surface area (Å²) in [6, 6.07) is 3.96. The molecule has 1 aromatic rings. The third-order valence-electron chi connectivity index (χ3n) is 1.73. The van der Waals surface area contributed by atoms with E-state index in [9.17, 15) is 0 Å². The van der Waals surface area contributed by atoms with Crippen LogP contribution < -0.4 is 5.73 Å². The average molecular weight is 191 g/mol. The van der Waals surface area contributed by atoms with Crippen LogP contribution in [0.3, 0.4) is 0 Å². The van der Waals surface area contributed by atoms with Gasteiger partial charge in [-0.1, -0.05) is 13.8 Å². The van der Waals surface area contributed by atoms with Gasteiger partial charge in [0.15, 0.2) is 0 Å². The number of aryl methyl sites for hydroxylation is 1. The van der Waals surface area contributed by atoms with E-state index in [2.05, 4.69) is 11.1 Å². The molecule has 0 aliphatic rings. The molecule has 0 amide bonds.